The summed E-state index contributed by atoms with van der Waals surface area (Å²) in [7, 11) is 0. The molecule has 0 saturated carbocycles. The molecule has 0 unspecified atom stereocenters. The first-order chi connectivity index (χ1) is 6.68. The van der Waals surface area contributed by atoms with Gasteiger partial charge in [0.2, 0.25) is 0 Å². The highest BCUT2D eigenvalue weighted by molar-refractivity contribution is 5.89. The Labute approximate surface area is 81.2 Å². The van der Waals surface area contributed by atoms with E-state index >= 15 is 0 Å². The molecular formula is C10H10N2O2. The van der Waals surface area contributed by atoms with E-state index in [0.717, 1.165) is 11.3 Å². The summed E-state index contributed by atoms with van der Waals surface area (Å²) in [6, 6.07) is 7.49. The van der Waals surface area contributed by atoms with Crippen molar-refractivity contribution in [1.82, 2.24) is 0 Å². The third-order valence-corrected chi connectivity index (χ3v) is 2.22. The predicted octanol–water partition coefficient (Wildman–Crippen LogP) is 0.891. The maximum absolute atomic E-state index is 10.8. The molecule has 14 heavy (non-hydrogen) atoms. The Kier molecular flexibility index (Phi) is 1.98. The van der Waals surface area contributed by atoms with Gasteiger partial charge in [-0.05, 0) is 11.6 Å². The molecule has 0 radical (unpaired) electrons. The Bertz CT molecular complexity index is 412. The normalized spacial score (nSPS) is 14.6. The van der Waals surface area contributed by atoms with Gasteiger partial charge in [0.25, 0.3) is 0 Å². The summed E-state index contributed by atoms with van der Waals surface area (Å²) in [6.45, 7) is 0. The molecule has 0 atom stereocenters. The zero-order valence-electron chi connectivity index (χ0n) is 7.47. The number of anilines is 1. The number of nitrogens with zero attached hydrogens (tertiary/aromatic N) is 1. The first kappa shape index (κ1) is 8.77. The van der Waals surface area contributed by atoms with Crippen LogP contribution in [0.3, 0.4) is 0 Å². The molecule has 1 aromatic carbocycles. The van der Waals surface area contributed by atoms with Gasteiger partial charge in [-0.15, -0.1) is 0 Å². The van der Waals surface area contributed by atoms with Crippen LogP contribution in [0.15, 0.2) is 36.0 Å². The van der Waals surface area contributed by atoms with Gasteiger partial charge in [0.15, 0.2) is 0 Å². The third kappa shape index (κ3) is 1.36. The standard InChI is InChI=1S/C10H10N2O2/c11-12-6-8(10(13)14)5-7-3-1-2-4-9(7)12/h1-4,6H,5,11H2,(H,13,14). The number of carbonyl (C=O) groups is 1. The van der Waals surface area contributed by atoms with Gasteiger partial charge in [-0.25, -0.2) is 10.6 Å². The molecule has 4 heteroatoms. The maximum Gasteiger partial charge on any atom is 0.333 e. The summed E-state index contributed by atoms with van der Waals surface area (Å²) in [5, 5.41) is 10.2. The molecule has 1 aliphatic rings. The number of carboxylic acid groups (broad SMARTS) is 1. The van der Waals surface area contributed by atoms with Crippen LogP contribution in [0.2, 0.25) is 0 Å². The number of rotatable bonds is 1. The Balaban J connectivity index is 2.42. The molecular weight excluding hydrogens is 180 g/mol. The predicted molar refractivity (Wildman–Crippen MR) is 52.5 cm³/mol. The molecule has 0 bridgehead atoms. The topological polar surface area (TPSA) is 66.6 Å². The fourth-order valence-electron chi connectivity index (χ4n) is 1.53. The number of hydrogen-bond donors (Lipinski definition) is 2. The van der Waals surface area contributed by atoms with Crippen LogP contribution in [0.5, 0.6) is 0 Å². The van der Waals surface area contributed by atoms with Crippen LogP contribution < -0.4 is 10.9 Å². The molecule has 0 aliphatic carbocycles. The molecule has 72 valence electrons. The van der Waals surface area contributed by atoms with Crippen molar-refractivity contribution in [3.63, 3.8) is 0 Å². The average molecular weight is 190 g/mol. The lowest BCUT2D eigenvalue weighted by Crippen LogP contribution is -2.30. The summed E-state index contributed by atoms with van der Waals surface area (Å²) in [5.41, 5.74) is 2.11. The van der Waals surface area contributed by atoms with Crippen molar-refractivity contribution in [3.05, 3.63) is 41.6 Å². The van der Waals surface area contributed by atoms with Crippen molar-refractivity contribution in [3.8, 4) is 0 Å². The van der Waals surface area contributed by atoms with Crippen LogP contribution in [-0.2, 0) is 11.2 Å². The van der Waals surface area contributed by atoms with Crippen molar-refractivity contribution in [1.29, 1.82) is 0 Å². The minimum Gasteiger partial charge on any atom is -0.478 e. The highest BCUT2D eigenvalue weighted by atomic mass is 16.4. The van der Waals surface area contributed by atoms with E-state index in [1.807, 2.05) is 24.3 Å². The summed E-state index contributed by atoms with van der Waals surface area (Å²) in [4.78, 5) is 10.8. The number of carboxylic acids is 1. The van der Waals surface area contributed by atoms with E-state index in [0.29, 0.717) is 12.0 Å². The number of benzene rings is 1. The fourth-order valence-corrected chi connectivity index (χ4v) is 1.53. The number of aliphatic carboxylic acids is 1. The van der Waals surface area contributed by atoms with Gasteiger partial charge in [0.05, 0.1) is 11.3 Å². The van der Waals surface area contributed by atoms with Gasteiger partial charge in [-0.2, -0.15) is 0 Å². The minimum atomic E-state index is -0.921. The van der Waals surface area contributed by atoms with E-state index in [-0.39, 0.29) is 0 Å². The summed E-state index contributed by atoms with van der Waals surface area (Å²) >= 11 is 0. The first-order valence-corrected chi connectivity index (χ1v) is 4.24. The van der Waals surface area contributed by atoms with Gasteiger partial charge >= 0.3 is 5.97 Å². The van der Waals surface area contributed by atoms with E-state index in [9.17, 15) is 4.79 Å². The number of hydrogen-bond acceptors (Lipinski definition) is 3. The Morgan fingerprint density at radius 1 is 1.43 bits per heavy atom. The maximum atomic E-state index is 10.8. The second kappa shape index (κ2) is 3.16. The van der Waals surface area contributed by atoms with Crippen LogP contribution in [0.4, 0.5) is 5.69 Å². The van der Waals surface area contributed by atoms with Crippen molar-refractivity contribution in [2.75, 3.05) is 5.01 Å². The SMILES string of the molecule is NN1C=C(C(=O)O)Cc2ccccc21. The van der Waals surface area contributed by atoms with Crippen molar-refractivity contribution >= 4 is 11.7 Å². The van der Waals surface area contributed by atoms with Gasteiger partial charge < -0.3 is 5.11 Å². The molecule has 0 saturated heterocycles. The molecule has 4 nitrogen and oxygen atoms in total. The molecule has 0 amide bonds. The largest absolute Gasteiger partial charge is 0.478 e. The average Bonchev–Trinajstić information content (AvgIpc) is 2.17. The Morgan fingerprint density at radius 2 is 2.14 bits per heavy atom. The number of nitrogens with two attached hydrogens (primary N) is 1. The quantitative estimate of drug-likeness (QED) is 0.645. The van der Waals surface area contributed by atoms with Crippen LogP contribution in [0.1, 0.15) is 5.56 Å². The summed E-state index contributed by atoms with van der Waals surface area (Å²) in [5.74, 6) is 4.75. The monoisotopic (exact) mass is 190 g/mol. The third-order valence-electron chi connectivity index (χ3n) is 2.22. The first-order valence-electron chi connectivity index (χ1n) is 4.24. The van der Waals surface area contributed by atoms with Gasteiger partial charge in [0.1, 0.15) is 0 Å². The Morgan fingerprint density at radius 3 is 2.86 bits per heavy atom. The zero-order valence-corrected chi connectivity index (χ0v) is 7.47. The highest BCUT2D eigenvalue weighted by Gasteiger charge is 2.18. The molecule has 1 aliphatic heterocycles. The minimum absolute atomic E-state index is 0.311. The van der Waals surface area contributed by atoms with E-state index in [1.165, 1.54) is 11.2 Å². The van der Waals surface area contributed by atoms with E-state index in [4.69, 9.17) is 10.9 Å². The van der Waals surface area contributed by atoms with Gasteiger partial charge in [-0.3, -0.25) is 5.01 Å². The summed E-state index contributed by atoms with van der Waals surface area (Å²) in [6.07, 6.45) is 1.88. The van der Waals surface area contributed by atoms with Crippen LogP contribution in [0.25, 0.3) is 0 Å². The number of para-hydroxylation sites is 1. The van der Waals surface area contributed by atoms with Crippen LogP contribution in [-0.4, -0.2) is 11.1 Å². The molecule has 0 fully saturated rings. The molecule has 1 aromatic rings. The molecule has 0 spiro atoms. The molecule has 1 heterocycles. The highest BCUT2D eigenvalue weighted by Crippen LogP contribution is 2.26. The molecule has 2 rings (SSSR count). The van der Waals surface area contributed by atoms with Crippen molar-refractivity contribution in [2.45, 2.75) is 6.42 Å². The Hall–Kier alpha value is -1.81. The second-order valence-electron chi connectivity index (χ2n) is 3.17. The van der Waals surface area contributed by atoms with E-state index < -0.39 is 5.97 Å². The van der Waals surface area contributed by atoms with Crippen LogP contribution >= 0.6 is 0 Å². The van der Waals surface area contributed by atoms with Gasteiger partial charge in [-0.1, -0.05) is 18.2 Å². The van der Waals surface area contributed by atoms with E-state index in [2.05, 4.69) is 0 Å². The summed E-state index contributed by atoms with van der Waals surface area (Å²) < 4.78 is 0. The number of fused-ring (bicyclic) bond motifs is 1. The fraction of sp³-hybridized carbons (Fsp3) is 0.100. The molecule has 0 aromatic heterocycles. The van der Waals surface area contributed by atoms with Crippen LogP contribution in [0, 0.1) is 0 Å². The molecule has 3 N–H and O–H groups in total. The lowest BCUT2D eigenvalue weighted by Gasteiger charge is -2.23. The van der Waals surface area contributed by atoms with E-state index in [1.54, 1.807) is 0 Å². The van der Waals surface area contributed by atoms with Crippen molar-refractivity contribution < 1.29 is 9.90 Å². The lowest BCUT2D eigenvalue weighted by atomic mass is 10.0. The zero-order chi connectivity index (χ0) is 10.1. The number of hydrazine groups is 1. The van der Waals surface area contributed by atoms with Crippen molar-refractivity contribution in [2.24, 2.45) is 5.84 Å². The second-order valence-corrected chi connectivity index (χ2v) is 3.17. The lowest BCUT2D eigenvalue weighted by molar-refractivity contribution is -0.132. The smallest absolute Gasteiger partial charge is 0.333 e. The van der Waals surface area contributed by atoms with Gasteiger partial charge in [0, 0.05) is 12.6 Å².